The van der Waals surface area contributed by atoms with Gasteiger partial charge in [-0.15, -0.1) is 0 Å². The van der Waals surface area contributed by atoms with Crippen LogP contribution in [0.15, 0.2) is 54.6 Å². The molecule has 2 amide bonds. The van der Waals surface area contributed by atoms with Crippen LogP contribution < -0.4 is 15.4 Å². The van der Waals surface area contributed by atoms with E-state index in [1.54, 1.807) is 7.11 Å². The molecule has 0 aromatic heterocycles. The molecule has 0 saturated carbocycles. The molecule has 0 aliphatic rings. The topological polar surface area (TPSA) is 76.7 Å². The molecule has 6 heteroatoms. The van der Waals surface area contributed by atoms with Gasteiger partial charge in [0.15, 0.2) is 0 Å². The lowest BCUT2D eigenvalue weighted by Gasteiger charge is -2.17. The number of rotatable bonds is 7. The van der Waals surface area contributed by atoms with Gasteiger partial charge < -0.3 is 20.1 Å². The summed E-state index contributed by atoms with van der Waals surface area (Å²) in [6.07, 6.45) is 0.361. The van der Waals surface area contributed by atoms with Gasteiger partial charge in [-0.05, 0) is 23.3 Å². The maximum atomic E-state index is 12.1. The van der Waals surface area contributed by atoms with Gasteiger partial charge in [0.1, 0.15) is 11.8 Å². The summed E-state index contributed by atoms with van der Waals surface area (Å²) in [4.78, 5) is 24.1. The molecular formula is C19H22N2O4. The Labute approximate surface area is 147 Å². The van der Waals surface area contributed by atoms with Crippen LogP contribution in [0, 0.1) is 0 Å². The molecule has 25 heavy (non-hydrogen) atoms. The van der Waals surface area contributed by atoms with E-state index in [0.717, 1.165) is 16.9 Å². The third-order valence-electron chi connectivity index (χ3n) is 3.66. The van der Waals surface area contributed by atoms with Crippen LogP contribution >= 0.6 is 0 Å². The Morgan fingerprint density at radius 1 is 1.00 bits per heavy atom. The van der Waals surface area contributed by atoms with Gasteiger partial charge in [-0.25, -0.2) is 9.59 Å². The molecule has 2 N–H and O–H groups in total. The molecule has 0 saturated heterocycles. The minimum Gasteiger partial charge on any atom is -0.497 e. The van der Waals surface area contributed by atoms with Crippen molar-refractivity contribution in [3.63, 3.8) is 0 Å². The van der Waals surface area contributed by atoms with E-state index >= 15 is 0 Å². The van der Waals surface area contributed by atoms with Gasteiger partial charge in [-0.2, -0.15) is 0 Å². The van der Waals surface area contributed by atoms with E-state index in [9.17, 15) is 9.59 Å². The fraction of sp³-hybridized carbons (Fsp3) is 0.263. The molecule has 0 aliphatic carbocycles. The fourth-order valence-electron chi connectivity index (χ4n) is 2.36. The first-order valence-electron chi connectivity index (χ1n) is 7.91. The molecule has 0 heterocycles. The molecule has 2 rings (SSSR count). The first kappa shape index (κ1) is 18.3. The van der Waals surface area contributed by atoms with Crippen LogP contribution in [0.1, 0.15) is 11.1 Å². The van der Waals surface area contributed by atoms with Crippen molar-refractivity contribution in [3.05, 3.63) is 65.7 Å². The second kappa shape index (κ2) is 9.32. The maximum absolute atomic E-state index is 12.1. The molecule has 0 spiro atoms. The SMILES string of the molecule is COC(=O)[C@@H](Cc1ccccc1)NC(=O)NCc1cccc(OC)c1. The lowest BCUT2D eigenvalue weighted by Crippen LogP contribution is -2.47. The van der Waals surface area contributed by atoms with Gasteiger partial charge in [0.2, 0.25) is 0 Å². The summed E-state index contributed by atoms with van der Waals surface area (Å²) in [5.41, 5.74) is 1.83. The predicted molar refractivity (Wildman–Crippen MR) is 94.3 cm³/mol. The van der Waals surface area contributed by atoms with Crippen molar-refractivity contribution in [2.24, 2.45) is 0 Å². The highest BCUT2D eigenvalue weighted by atomic mass is 16.5. The van der Waals surface area contributed by atoms with Crippen molar-refractivity contribution in [1.29, 1.82) is 0 Å². The van der Waals surface area contributed by atoms with E-state index in [-0.39, 0.29) is 0 Å². The van der Waals surface area contributed by atoms with Gasteiger partial charge in [-0.3, -0.25) is 0 Å². The van der Waals surface area contributed by atoms with Crippen LogP contribution in [0.2, 0.25) is 0 Å². The fourth-order valence-corrected chi connectivity index (χ4v) is 2.36. The van der Waals surface area contributed by atoms with Crippen molar-refractivity contribution < 1.29 is 19.1 Å². The molecule has 132 valence electrons. The van der Waals surface area contributed by atoms with E-state index in [0.29, 0.717) is 13.0 Å². The average Bonchev–Trinajstić information content (AvgIpc) is 2.66. The monoisotopic (exact) mass is 342 g/mol. The summed E-state index contributed by atoms with van der Waals surface area (Å²) >= 11 is 0. The number of esters is 1. The van der Waals surface area contributed by atoms with Crippen molar-refractivity contribution in [2.45, 2.75) is 19.0 Å². The van der Waals surface area contributed by atoms with Gasteiger partial charge >= 0.3 is 12.0 Å². The van der Waals surface area contributed by atoms with Crippen molar-refractivity contribution in [3.8, 4) is 5.75 Å². The highest BCUT2D eigenvalue weighted by molar-refractivity contribution is 5.83. The van der Waals surface area contributed by atoms with Crippen LogP contribution in [0.5, 0.6) is 5.75 Å². The Morgan fingerprint density at radius 2 is 1.72 bits per heavy atom. The van der Waals surface area contributed by atoms with Crippen molar-refractivity contribution >= 4 is 12.0 Å². The second-order valence-corrected chi connectivity index (χ2v) is 5.44. The molecule has 0 radical (unpaired) electrons. The largest absolute Gasteiger partial charge is 0.497 e. The number of carbonyl (C=O) groups excluding carboxylic acids is 2. The van der Waals surface area contributed by atoms with Crippen molar-refractivity contribution in [2.75, 3.05) is 14.2 Å². The minimum atomic E-state index is -0.752. The summed E-state index contributed by atoms with van der Waals surface area (Å²) in [5, 5.41) is 5.39. The Bertz CT molecular complexity index is 704. The first-order chi connectivity index (χ1) is 12.1. The van der Waals surface area contributed by atoms with Crippen LogP contribution in [0.4, 0.5) is 4.79 Å². The number of hydrogen-bond donors (Lipinski definition) is 2. The maximum Gasteiger partial charge on any atom is 0.328 e. The lowest BCUT2D eigenvalue weighted by molar-refractivity contribution is -0.142. The standard InChI is InChI=1S/C19H22N2O4/c1-24-16-10-6-9-15(11-16)13-20-19(23)21-17(18(22)25-2)12-14-7-4-3-5-8-14/h3-11,17H,12-13H2,1-2H3,(H2,20,21,23)/t17-/m1/s1. The quantitative estimate of drug-likeness (QED) is 0.757. The molecule has 6 nitrogen and oxygen atoms in total. The molecule has 0 unspecified atom stereocenters. The van der Waals surface area contributed by atoms with Gasteiger partial charge in [0.05, 0.1) is 14.2 Å². The number of amides is 2. The van der Waals surface area contributed by atoms with Gasteiger partial charge in [0, 0.05) is 13.0 Å². The third-order valence-corrected chi connectivity index (χ3v) is 3.66. The highest BCUT2D eigenvalue weighted by Crippen LogP contribution is 2.12. The average molecular weight is 342 g/mol. The van der Waals surface area contributed by atoms with E-state index in [4.69, 9.17) is 9.47 Å². The molecule has 0 bridgehead atoms. The molecular weight excluding hydrogens is 320 g/mol. The normalized spacial score (nSPS) is 11.3. The summed E-state index contributed by atoms with van der Waals surface area (Å²) in [5.74, 6) is 0.233. The summed E-state index contributed by atoms with van der Waals surface area (Å²) < 4.78 is 9.93. The highest BCUT2D eigenvalue weighted by Gasteiger charge is 2.21. The zero-order chi connectivity index (χ0) is 18.1. The number of urea groups is 1. The predicted octanol–water partition coefficient (Wildman–Crippen LogP) is 2.28. The Kier molecular flexibility index (Phi) is 6.83. The Hall–Kier alpha value is -3.02. The summed E-state index contributed by atoms with van der Waals surface area (Å²) in [6.45, 7) is 0.322. The Morgan fingerprint density at radius 3 is 2.40 bits per heavy atom. The van der Waals surface area contributed by atoms with E-state index < -0.39 is 18.0 Å². The van der Waals surface area contributed by atoms with Crippen molar-refractivity contribution in [1.82, 2.24) is 10.6 Å². The minimum absolute atomic E-state index is 0.322. The molecule has 2 aromatic rings. The Balaban J connectivity index is 1.93. The number of ether oxygens (including phenoxy) is 2. The first-order valence-corrected chi connectivity index (χ1v) is 7.91. The van der Waals surface area contributed by atoms with E-state index in [2.05, 4.69) is 10.6 Å². The summed E-state index contributed by atoms with van der Waals surface area (Å²) in [6, 6.07) is 15.7. The third kappa shape index (κ3) is 5.84. The van der Waals surface area contributed by atoms with Gasteiger partial charge in [-0.1, -0.05) is 42.5 Å². The molecule has 0 aliphatic heterocycles. The zero-order valence-electron chi connectivity index (χ0n) is 14.3. The lowest BCUT2D eigenvalue weighted by atomic mass is 10.1. The number of hydrogen-bond acceptors (Lipinski definition) is 4. The summed E-state index contributed by atoms with van der Waals surface area (Å²) in [7, 11) is 2.89. The van der Waals surface area contributed by atoms with E-state index in [1.807, 2.05) is 54.6 Å². The zero-order valence-corrected chi connectivity index (χ0v) is 14.3. The second-order valence-electron chi connectivity index (χ2n) is 5.44. The number of methoxy groups -OCH3 is 2. The molecule has 0 fully saturated rings. The number of carbonyl (C=O) groups is 2. The smallest absolute Gasteiger partial charge is 0.328 e. The van der Waals surface area contributed by atoms with Crippen LogP contribution in [-0.4, -0.2) is 32.3 Å². The molecule has 2 aromatic carbocycles. The van der Waals surface area contributed by atoms with Crippen LogP contribution in [-0.2, 0) is 22.5 Å². The number of benzene rings is 2. The number of nitrogens with one attached hydrogen (secondary N) is 2. The van der Waals surface area contributed by atoms with Crippen LogP contribution in [0.3, 0.4) is 0 Å². The van der Waals surface area contributed by atoms with Gasteiger partial charge in [0.25, 0.3) is 0 Å². The van der Waals surface area contributed by atoms with E-state index in [1.165, 1.54) is 7.11 Å². The molecule has 1 atom stereocenters. The van der Waals surface area contributed by atoms with Crippen LogP contribution in [0.25, 0.3) is 0 Å².